The van der Waals surface area contributed by atoms with E-state index in [-0.39, 0.29) is 10.9 Å². The molecule has 2 atom stereocenters. The summed E-state index contributed by atoms with van der Waals surface area (Å²) < 4.78 is 22.7. The smallest absolute Gasteiger partial charge is 0.238 e. The van der Waals surface area contributed by atoms with Crippen LogP contribution in [0.5, 0.6) is 0 Å². The van der Waals surface area contributed by atoms with Crippen LogP contribution in [0, 0.1) is 0 Å². The molecule has 1 aromatic carbocycles. The normalized spacial score (nSPS) is 22.1. The summed E-state index contributed by atoms with van der Waals surface area (Å²) in [5, 5.41) is 8.64. The van der Waals surface area contributed by atoms with Crippen molar-refractivity contribution in [3.63, 3.8) is 0 Å². The van der Waals surface area contributed by atoms with Crippen LogP contribution in [0.1, 0.15) is 31.4 Å². The van der Waals surface area contributed by atoms with Gasteiger partial charge in [-0.25, -0.2) is 13.6 Å². The number of likely N-dealkylation sites (N-methyl/N-ethyl adjacent to an activating group) is 1. The van der Waals surface area contributed by atoms with Crippen molar-refractivity contribution in [1.29, 1.82) is 0 Å². The molecule has 0 bridgehead atoms. The van der Waals surface area contributed by atoms with E-state index >= 15 is 0 Å². The highest BCUT2D eigenvalue weighted by atomic mass is 32.2. The molecule has 0 spiro atoms. The van der Waals surface area contributed by atoms with E-state index in [0.29, 0.717) is 6.04 Å². The first-order chi connectivity index (χ1) is 9.38. The van der Waals surface area contributed by atoms with E-state index in [0.717, 1.165) is 18.7 Å². The van der Waals surface area contributed by atoms with Gasteiger partial charge in [-0.1, -0.05) is 12.1 Å². The molecule has 0 aliphatic carbocycles. The zero-order chi connectivity index (χ0) is 14.8. The second-order valence-corrected chi connectivity index (χ2v) is 7.09. The standard InChI is InChI=1S/C14H23N3O2S/c1-11(16-10-13-6-4-8-17(13)2)12-5-3-7-14(9-12)20(15,18)19/h3,5,7,9,11,13,16H,4,6,8,10H2,1-2H3,(H2,15,18,19). The van der Waals surface area contributed by atoms with E-state index in [2.05, 4.69) is 17.3 Å². The molecular weight excluding hydrogens is 274 g/mol. The maximum Gasteiger partial charge on any atom is 0.238 e. The molecular formula is C14H23N3O2S. The number of nitrogens with one attached hydrogen (secondary N) is 1. The molecule has 1 aliphatic heterocycles. The Bertz CT molecular complexity index is 559. The van der Waals surface area contributed by atoms with Gasteiger partial charge in [0.25, 0.3) is 0 Å². The van der Waals surface area contributed by atoms with E-state index in [4.69, 9.17) is 5.14 Å². The summed E-state index contributed by atoms with van der Waals surface area (Å²) >= 11 is 0. The Labute approximate surface area is 121 Å². The highest BCUT2D eigenvalue weighted by Gasteiger charge is 2.21. The first-order valence-electron chi connectivity index (χ1n) is 6.94. The Hall–Kier alpha value is -0.950. The number of benzene rings is 1. The molecule has 5 nitrogen and oxygen atoms in total. The molecule has 3 N–H and O–H groups in total. The summed E-state index contributed by atoms with van der Waals surface area (Å²) in [6.45, 7) is 4.11. The van der Waals surface area contributed by atoms with Crippen LogP contribution in [0.3, 0.4) is 0 Å². The molecule has 0 saturated carbocycles. The zero-order valence-electron chi connectivity index (χ0n) is 12.0. The predicted octanol–water partition coefficient (Wildman–Crippen LogP) is 1.08. The third-order valence-electron chi connectivity index (χ3n) is 4.02. The first-order valence-corrected chi connectivity index (χ1v) is 8.49. The van der Waals surface area contributed by atoms with Crippen LogP contribution in [0.15, 0.2) is 29.2 Å². The zero-order valence-corrected chi connectivity index (χ0v) is 12.9. The molecule has 6 heteroatoms. The fourth-order valence-corrected chi connectivity index (χ4v) is 3.20. The largest absolute Gasteiger partial charge is 0.309 e. The minimum atomic E-state index is -3.63. The average Bonchev–Trinajstić information content (AvgIpc) is 2.81. The summed E-state index contributed by atoms with van der Waals surface area (Å²) in [5.74, 6) is 0. The van der Waals surface area contributed by atoms with Crippen LogP contribution in [-0.2, 0) is 10.0 Å². The van der Waals surface area contributed by atoms with Gasteiger partial charge in [0, 0.05) is 18.6 Å². The van der Waals surface area contributed by atoms with Crippen molar-refractivity contribution >= 4 is 10.0 Å². The molecule has 2 rings (SSSR count). The predicted molar refractivity (Wildman–Crippen MR) is 79.9 cm³/mol. The molecule has 1 saturated heterocycles. The Balaban J connectivity index is 2.00. The Morgan fingerprint density at radius 2 is 2.25 bits per heavy atom. The highest BCUT2D eigenvalue weighted by molar-refractivity contribution is 7.89. The van der Waals surface area contributed by atoms with Crippen molar-refractivity contribution in [2.75, 3.05) is 20.1 Å². The Morgan fingerprint density at radius 1 is 1.50 bits per heavy atom. The summed E-state index contributed by atoms with van der Waals surface area (Å²) in [7, 11) is -1.49. The van der Waals surface area contributed by atoms with Crippen LogP contribution in [0.2, 0.25) is 0 Å². The minimum absolute atomic E-state index is 0.102. The van der Waals surface area contributed by atoms with E-state index in [1.54, 1.807) is 12.1 Å². The molecule has 2 unspecified atom stereocenters. The summed E-state index contributed by atoms with van der Waals surface area (Å²) in [6.07, 6.45) is 2.46. The van der Waals surface area contributed by atoms with E-state index in [1.807, 2.05) is 13.0 Å². The van der Waals surface area contributed by atoms with Gasteiger partial charge in [0.15, 0.2) is 0 Å². The van der Waals surface area contributed by atoms with Crippen molar-refractivity contribution in [3.05, 3.63) is 29.8 Å². The second kappa shape index (κ2) is 6.22. The van der Waals surface area contributed by atoms with Crippen molar-refractivity contribution in [2.45, 2.75) is 36.7 Å². The lowest BCUT2D eigenvalue weighted by Crippen LogP contribution is -2.36. The second-order valence-electron chi connectivity index (χ2n) is 5.52. The van der Waals surface area contributed by atoms with Gasteiger partial charge < -0.3 is 10.2 Å². The van der Waals surface area contributed by atoms with Gasteiger partial charge in [-0.3, -0.25) is 0 Å². The number of hydrogen-bond donors (Lipinski definition) is 2. The van der Waals surface area contributed by atoms with E-state index in [9.17, 15) is 8.42 Å². The van der Waals surface area contributed by atoms with Crippen LogP contribution in [0.25, 0.3) is 0 Å². The van der Waals surface area contributed by atoms with Crippen LogP contribution < -0.4 is 10.5 Å². The molecule has 1 aliphatic rings. The number of nitrogens with zero attached hydrogens (tertiary/aromatic N) is 1. The fraction of sp³-hybridized carbons (Fsp3) is 0.571. The monoisotopic (exact) mass is 297 g/mol. The molecule has 1 heterocycles. The third-order valence-corrected chi connectivity index (χ3v) is 4.93. The van der Waals surface area contributed by atoms with Gasteiger partial charge >= 0.3 is 0 Å². The number of likely N-dealkylation sites (tertiary alicyclic amines) is 1. The number of primary sulfonamides is 1. The molecule has 20 heavy (non-hydrogen) atoms. The fourth-order valence-electron chi connectivity index (χ4n) is 2.63. The topological polar surface area (TPSA) is 75.4 Å². The lowest BCUT2D eigenvalue weighted by atomic mass is 10.1. The van der Waals surface area contributed by atoms with Gasteiger partial charge in [0.05, 0.1) is 4.90 Å². The summed E-state index contributed by atoms with van der Waals surface area (Å²) in [4.78, 5) is 2.53. The molecule has 1 fully saturated rings. The maximum atomic E-state index is 11.4. The van der Waals surface area contributed by atoms with Gasteiger partial charge in [-0.2, -0.15) is 0 Å². The Kier molecular flexibility index (Phi) is 4.80. The number of hydrogen-bond acceptors (Lipinski definition) is 4. The lowest BCUT2D eigenvalue weighted by Gasteiger charge is -2.23. The third kappa shape index (κ3) is 3.79. The van der Waals surface area contributed by atoms with Gasteiger partial charge in [0.2, 0.25) is 10.0 Å². The van der Waals surface area contributed by atoms with Crippen LogP contribution in [0.4, 0.5) is 0 Å². The summed E-state index contributed by atoms with van der Waals surface area (Å²) in [6, 6.07) is 7.49. The van der Waals surface area contributed by atoms with Crippen molar-refractivity contribution in [2.24, 2.45) is 5.14 Å². The molecule has 1 aromatic rings. The Morgan fingerprint density at radius 3 is 2.85 bits per heavy atom. The average molecular weight is 297 g/mol. The van der Waals surface area contributed by atoms with Crippen molar-refractivity contribution in [1.82, 2.24) is 10.2 Å². The van der Waals surface area contributed by atoms with Crippen LogP contribution in [-0.4, -0.2) is 39.5 Å². The first kappa shape index (κ1) is 15.4. The number of nitrogens with two attached hydrogens (primary N) is 1. The van der Waals surface area contributed by atoms with Crippen molar-refractivity contribution in [3.8, 4) is 0 Å². The quantitative estimate of drug-likeness (QED) is 0.853. The molecule has 0 aromatic heterocycles. The van der Waals surface area contributed by atoms with E-state index < -0.39 is 10.0 Å². The van der Waals surface area contributed by atoms with Gasteiger partial charge in [-0.05, 0) is 51.1 Å². The van der Waals surface area contributed by atoms with Crippen LogP contribution >= 0.6 is 0 Å². The van der Waals surface area contributed by atoms with E-state index in [1.165, 1.54) is 18.9 Å². The summed E-state index contributed by atoms with van der Waals surface area (Å²) in [5.41, 5.74) is 0.942. The highest BCUT2D eigenvalue weighted by Crippen LogP contribution is 2.18. The molecule has 112 valence electrons. The van der Waals surface area contributed by atoms with Gasteiger partial charge in [-0.15, -0.1) is 0 Å². The number of rotatable bonds is 5. The lowest BCUT2D eigenvalue weighted by molar-refractivity contribution is 0.293. The maximum absolute atomic E-state index is 11.4. The van der Waals surface area contributed by atoms with Crippen molar-refractivity contribution < 1.29 is 8.42 Å². The number of sulfonamides is 1. The molecule has 0 amide bonds. The SMILES string of the molecule is CC(NCC1CCCN1C)c1cccc(S(N)(=O)=O)c1. The minimum Gasteiger partial charge on any atom is -0.309 e. The van der Waals surface area contributed by atoms with Gasteiger partial charge in [0.1, 0.15) is 0 Å². The molecule has 0 radical (unpaired) electrons.